The molecule has 8 heteroatoms. The topological polar surface area (TPSA) is 72.7 Å². The number of aromatic nitrogens is 4. The molecule has 1 N–H and O–H groups in total. The van der Waals surface area contributed by atoms with E-state index < -0.39 is 5.25 Å². The van der Waals surface area contributed by atoms with Crippen molar-refractivity contribution in [1.29, 1.82) is 0 Å². The first-order valence-electron chi connectivity index (χ1n) is 7.86. The van der Waals surface area contributed by atoms with Crippen LogP contribution in [0.5, 0.6) is 0 Å². The second kappa shape index (κ2) is 6.51. The third kappa shape index (κ3) is 3.92. The van der Waals surface area contributed by atoms with E-state index in [-0.39, 0.29) is 23.3 Å². The Morgan fingerprint density at radius 1 is 1.33 bits per heavy atom. The number of rotatable bonds is 5. The Morgan fingerprint density at radius 3 is 2.58 bits per heavy atom. The Hall–Kier alpha value is -1.96. The number of hydrogen-bond acceptors (Lipinski definition) is 5. The third-order valence-corrected chi connectivity index (χ3v) is 4.82. The van der Waals surface area contributed by atoms with Crippen molar-refractivity contribution in [2.75, 3.05) is 0 Å². The molecule has 1 amide bonds. The summed E-state index contributed by atoms with van der Waals surface area (Å²) >= 11 is 1.28. The van der Waals surface area contributed by atoms with Gasteiger partial charge in [0.15, 0.2) is 0 Å². The molecular formula is C16H20FN5OS. The molecule has 2 aromatic rings. The van der Waals surface area contributed by atoms with Gasteiger partial charge in [-0.25, -0.2) is 9.07 Å². The van der Waals surface area contributed by atoms with Gasteiger partial charge in [-0.1, -0.05) is 23.9 Å². The van der Waals surface area contributed by atoms with E-state index in [2.05, 4.69) is 20.8 Å². The van der Waals surface area contributed by atoms with Crippen molar-refractivity contribution >= 4 is 17.7 Å². The maximum absolute atomic E-state index is 13.2. The highest BCUT2D eigenvalue weighted by Gasteiger charge is 2.31. The molecule has 1 aliphatic carbocycles. The number of nitrogens with zero attached hydrogens (tertiary/aromatic N) is 4. The van der Waals surface area contributed by atoms with Gasteiger partial charge >= 0.3 is 0 Å². The van der Waals surface area contributed by atoms with Gasteiger partial charge in [-0.3, -0.25) is 4.79 Å². The highest BCUT2D eigenvalue weighted by atomic mass is 32.2. The maximum Gasteiger partial charge on any atom is 0.238 e. The molecule has 1 heterocycles. The number of carbonyl (C=O) groups excluding carboxylic acids is 1. The second-order valence-corrected chi connectivity index (χ2v) is 7.95. The minimum atomic E-state index is -0.529. The fourth-order valence-electron chi connectivity index (χ4n) is 2.19. The van der Waals surface area contributed by atoms with Gasteiger partial charge in [0.25, 0.3) is 0 Å². The number of benzene rings is 1. The smallest absolute Gasteiger partial charge is 0.238 e. The van der Waals surface area contributed by atoms with Crippen LogP contribution in [0.3, 0.4) is 0 Å². The molecule has 24 heavy (non-hydrogen) atoms. The summed E-state index contributed by atoms with van der Waals surface area (Å²) in [4.78, 5) is 12.7. The van der Waals surface area contributed by atoms with E-state index in [9.17, 15) is 9.18 Å². The molecule has 0 spiro atoms. The van der Waals surface area contributed by atoms with Crippen molar-refractivity contribution < 1.29 is 9.18 Å². The van der Waals surface area contributed by atoms with Gasteiger partial charge in [-0.05, 0) is 61.7 Å². The van der Waals surface area contributed by atoms with Crippen molar-refractivity contribution in [1.82, 2.24) is 25.5 Å². The molecule has 1 saturated carbocycles. The maximum atomic E-state index is 13.2. The number of hydrogen-bond donors (Lipinski definition) is 1. The number of tetrazole rings is 1. The number of thioether (sulfide) groups is 1. The van der Waals surface area contributed by atoms with E-state index in [0.29, 0.717) is 5.16 Å². The lowest BCUT2D eigenvalue weighted by atomic mass is 10.1. The normalized spacial score (nSPS) is 16.0. The lowest BCUT2D eigenvalue weighted by molar-refractivity contribution is -0.120. The van der Waals surface area contributed by atoms with Crippen LogP contribution in [0, 0.1) is 5.82 Å². The second-order valence-electron chi connectivity index (χ2n) is 6.88. The molecule has 1 aromatic carbocycles. The molecule has 1 aliphatic rings. The Labute approximate surface area is 144 Å². The summed E-state index contributed by atoms with van der Waals surface area (Å²) in [7, 11) is 0. The molecular weight excluding hydrogens is 329 g/mol. The summed E-state index contributed by atoms with van der Waals surface area (Å²) in [6.45, 7) is 5.97. The molecule has 6 nitrogen and oxygen atoms in total. The Balaban J connectivity index is 1.88. The predicted molar refractivity (Wildman–Crippen MR) is 89.0 cm³/mol. The molecule has 128 valence electrons. The number of halogens is 1. The fourth-order valence-corrected chi connectivity index (χ4v) is 3.37. The van der Waals surface area contributed by atoms with Gasteiger partial charge in [-0.15, -0.1) is 5.10 Å². The summed E-state index contributed by atoms with van der Waals surface area (Å²) in [5, 5.41) is 14.8. The molecule has 0 saturated heterocycles. The number of nitrogens with one attached hydrogen (secondary N) is 1. The van der Waals surface area contributed by atoms with E-state index in [1.54, 1.807) is 16.8 Å². The number of carbonyl (C=O) groups is 1. The summed E-state index contributed by atoms with van der Waals surface area (Å²) in [6, 6.07) is 6.23. The van der Waals surface area contributed by atoms with E-state index in [0.717, 1.165) is 18.4 Å². The molecule has 0 bridgehead atoms. The van der Waals surface area contributed by atoms with Gasteiger partial charge in [0.2, 0.25) is 11.1 Å². The van der Waals surface area contributed by atoms with Crippen LogP contribution in [0.1, 0.15) is 44.4 Å². The molecule has 1 aromatic heterocycles. The van der Waals surface area contributed by atoms with E-state index in [1.165, 1.54) is 23.9 Å². The third-order valence-electron chi connectivity index (χ3n) is 3.63. The summed E-state index contributed by atoms with van der Waals surface area (Å²) in [6.07, 6.45) is 2.01. The van der Waals surface area contributed by atoms with E-state index >= 15 is 0 Å². The highest BCUT2D eigenvalue weighted by molar-refractivity contribution is 8.00. The standard InChI is InChI=1S/C16H20FN5OS/c1-16(2,3)22-15(19-20-21-22)24-13(14(23)18-12-8-9-12)10-4-6-11(17)7-5-10/h4-7,12-13H,8-9H2,1-3H3,(H,18,23). The first-order valence-corrected chi connectivity index (χ1v) is 8.74. The van der Waals surface area contributed by atoms with Crippen LogP contribution in [0.2, 0.25) is 0 Å². The summed E-state index contributed by atoms with van der Waals surface area (Å²) in [5.41, 5.74) is 0.426. The summed E-state index contributed by atoms with van der Waals surface area (Å²) in [5.74, 6) is -0.429. The summed E-state index contributed by atoms with van der Waals surface area (Å²) < 4.78 is 14.9. The van der Waals surface area contributed by atoms with Crippen molar-refractivity contribution in [3.05, 3.63) is 35.6 Å². The molecule has 1 fully saturated rings. The monoisotopic (exact) mass is 349 g/mol. The molecule has 0 aliphatic heterocycles. The Morgan fingerprint density at radius 2 is 2.00 bits per heavy atom. The average molecular weight is 349 g/mol. The predicted octanol–water partition coefficient (Wildman–Crippen LogP) is 2.68. The van der Waals surface area contributed by atoms with Crippen molar-refractivity contribution in [3.8, 4) is 0 Å². The van der Waals surface area contributed by atoms with Gasteiger partial charge in [0.05, 0.1) is 5.54 Å². The van der Waals surface area contributed by atoms with Gasteiger partial charge < -0.3 is 5.32 Å². The molecule has 1 atom stereocenters. The quantitative estimate of drug-likeness (QED) is 0.840. The van der Waals surface area contributed by atoms with Gasteiger partial charge in [0.1, 0.15) is 11.1 Å². The van der Waals surface area contributed by atoms with Crippen LogP contribution in [0.4, 0.5) is 4.39 Å². The molecule has 0 radical (unpaired) electrons. The fraction of sp³-hybridized carbons (Fsp3) is 0.500. The average Bonchev–Trinajstić information content (AvgIpc) is 3.18. The van der Waals surface area contributed by atoms with Crippen molar-refractivity contribution in [2.45, 2.75) is 55.6 Å². The van der Waals surface area contributed by atoms with Crippen LogP contribution >= 0.6 is 11.8 Å². The van der Waals surface area contributed by atoms with Gasteiger partial charge in [-0.2, -0.15) is 0 Å². The van der Waals surface area contributed by atoms with Crippen LogP contribution < -0.4 is 5.32 Å². The Bertz CT molecular complexity index is 721. The highest BCUT2D eigenvalue weighted by Crippen LogP contribution is 2.36. The first kappa shape index (κ1) is 16.9. The largest absolute Gasteiger partial charge is 0.352 e. The zero-order valence-corrected chi connectivity index (χ0v) is 14.7. The van der Waals surface area contributed by atoms with Crippen LogP contribution in [0.25, 0.3) is 0 Å². The zero-order chi connectivity index (χ0) is 17.3. The van der Waals surface area contributed by atoms with Crippen LogP contribution in [0.15, 0.2) is 29.4 Å². The van der Waals surface area contributed by atoms with Crippen molar-refractivity contribution in [3.63, 3.8) is 0 Å². The van der Waals surface area contributed by atoms with E-state index in [4.69, 9.17) is 0 Å². The SMILES string of the molecule is CC(C)(C)n1nnnc1SC(C(=O)NC1CC1)c1ccc(F)cc1. The minimum absolute atomic E-state index is 0.0995. The van der Waals surface area contributed by atoms with Crippen LogP contribution in [-0.2, 0) is 10.3 Å². The van der Waals surface area contributed by atoms with Crippen LogP contribution in [-0.4, -0.2) is 32.2 Å². The van der Waals surface area contributed by atoms with Crippen molar-refractivity contribution in [2.24, 2.45) is 0 Å². The molecule has 1 unspecified atom stereocenters. The van der Waals surface area contributed by atoms with E-state index in [1.807, 2.05) is 20.8 Å². The lowest BCUT2D eigenvalue weighted by Crippen LogP contribution is -2.30. The molecule has 3 rings (SSSR count). The van der Waals surface area contributed by atoms with Gasteiger partial charge in [0, 0.05) is 6.04 Å². The Kier molecular flexibility index (Phi) is 4.58. The lowest BCUT2D eigenvalue weighted by Gasteiger charge is -2.22. The zero-order valence-electron chi connectivity index (χ0n) is 13.9. The first-order chi connectivity index (χ1) is 11.3. The number of amides is 1. The minimum Gasteiger partial charge on any atom is -0.352 e.